The molecule has 4 nitrogen and oxygen atoms in total. The first-order chi connectivity index (χ1) is 7.34. The number of carbonyl (C=O) groups excluding carboxylic acids is 1. The third-order valence-electron chi connectivity index (χ3n) is 2.44. The van der Waals surface area contributed by atoms with Gasteiger partial charge >= 0.3 is 0 Å². The lowest BCUT2D eigenvalue weighted by atomic mass is 10.2. The molecule has 94 valence electrons. The number of hydrogen-bond donors (Lipinski definition) is 2. The highest BCUT2D eigenvalue weighted by atomic mass is 32.1. The fourth-order valence-electron chi connectivity index (χ4n) is 1.13. The van der Waals surface area contributed by atoms with Crippen LogP contribution in [0.1, 0.15) is 27.2 Å². The molecule has 5 heteroatoms. The van der Waals surface area contributed by atoms with Crippen LogP contribution in [0.15, 0.2) is 0 Å². The van der Waals surface area contributed by atoms with E-state index in [1.165, 1.54) is 0 Å². The normalized spacial score (nSPS) is 12.9. The van der Waals surface area contributed by atoms with Gasteiger partial charge < -0.3 is 11.1 Å². The maximum absolute atomic E-state index is 11.7. The molecule has 0 aromatic rings. The Balaban J connectivity index is 3.96. The van der Waals surface area contributed by atoms with Gasteiger partial charge in [0.1, 0.15) is 0 Å². The summed E-state index contributed by atoms with van der Waals surface area (Å²) < 4.78 is 0. The first kappa shape index (κ1) is 15.3. The van der Waals surface area contributed by atoms with Crippen molar-refractivity contribution in [2.24, 2.45) is 11.7 Å². The average Bonchev–Trinajstić information content (AvgIpc) is 2.21. The molecule has 0 bridgehead atoms. The van der Waals surface area contributed by atoms with Crippen molar-refractivity contribution in [3.05, 3.63) is 0 Å². The van der Waals surface area contributed by atoms with E-state index in [2.05, 4.69) is 19.2 Å². The minimum atomic E-state index is -0.145. The second kappa shape index (κ2) is 7.57. The first-order valence-electron chi connectivity index (χ1n) is 5.60. The van der Waals surface area contributed by atoms with Gasteiger partial charge in [0.2, 0.25) is 5.91 Å². The van der Waals surface area contributed by atoms with Crippen molar-refractivity contribution in [1.29, 1.82) is 0 Å². The third-order valence-corrected chi connectivity index (χ3v) is 2.64. The van der Waals surface area contributed by atoms with Gasteiger partial charge in [-0.3, -0.25) is 9.69 Å². The Morgan fingerprint density at radius 1 is 1.44 bits per heavy atom. The number of thiocarbonyl (C=S) groups is 1. The number of nitrogens with zero attached hydrogens (tertiary/aromatic N) is 1. The van der Waals surface area contributed by atoms with E-state index in [0.717, 1.165) is 0 Å². The first-order valence-corrected chi connectivity index (χ1v) is 6.01. The van der Waals surface area contributed by atoms with Gasteiger partial charge in [0.05, 0.1) is 11.0 Å². The number of likely N-dealkylation sites (N-methyl/N-ethyl adjacent to an activating group) is 1. The molecule has 0 radical (unpaired) electrons. The van der Waals surface area contributed by atoms with Crippen LogP contribution in [-0.4, -0.2) is 42.0 Å². The number of amides is 1. The van der Waals surface area contributed by atoms with Gasteiger partial charge in [0, 0.05) is 19.5 Å². The van der Waals surface area contributed by atoms with Crippen molar-refractivity contribution in [3.8, 4) is 0 Å². The van der Waals surface area contributed by atoms with E-state index < -0.39 is 0 Å². The van der Waals surface area contributed by atoms with Crippen molar-refractivity contribution in [1.82, 2.24) is 10.2 Å². The molecule has 3 N–H and O–H groups in total. The van der Waals surface area contributed by atoms with E-state index >= 15 is 0 Å². The summed E-state index contributed by atoms with van der Waals surface area (Å²) in [5.41, 5.74) is 5.42. The lowest BCUT2D eigenvalue weighted by Crippen LogP contribution is -2.45. The number of hydrogen-bond acceptors (Lipinski definition) is 3. The van der Waals surface area contributed by atoms with E-state index in [0.29, 0.717) is 30.4 Å². The van der Waals surface area contributed by atoms with Gasteiger partial charge in [-0.1, -0.05) is 26.1 Å². The molecule has 0 aliphatic heterocycles. The zero-order valence-corrected chi connectivity index (χ0v) is 11.4. The highest BCUT2D eigenvalue weighted by molar-refractivity contribution is 7.80. The minimum absolute atomic E-state index is 0.0548. The number of carbonyl (C=O) groups is 1. The van der Waals surface area contributed by atoms with Crippen LogP contribution >= 0.6 is 12.2 Å². The van der Waals surface area contributed by atoms with Crippen LogP contribution in [0.2, 0.25) is 0 Å². The molecule has 0 aliphatic carbocycles. The molecule has 0 rings (SSSR count). The Morgan fingerprint density at radius 3 is 2.44 bits per heavy atom. The average molecular weight is 245 g/mol. The Bertz CT molecular complexity index is 243. The molecule has 0 heterocycles. The quantitative estimate of drug-likeness (QED) is 0.650. The van der Waals surface area contributed by atoms with Crippen molar-refractivity contribution in [2.75, 3.05) is 20.1 Å². The summed E-state index contributed by atoms with van der Waals surface area (Å²) in [7, 11) is 1.90. The maximum atomic E-state index is 11.7. The SMILES string of the molecule is CC(C)CNC(=O)C(C)N(C)CCC(N)=S. The van der Waals surface area contributed by atoms with E-state index in [1.54, 1.807) is 0 Å². The molecule has 1 unspecified atom stereocenters. The third kappa shape index (κ3) is 6.74. The molecule has 0 aliphatic rings. The Kier molecular flexibility index (Phi) is 7.25. The van der Waals surface area contributed by atoms with Crippen molar-refractivity contribution >= 4 is 23.1 Å². The molecule has 0 spiro atoms. The van der Waals surface area contributed by atoms with Crippen LogP contribution < -0.4 is 11.1 Å². The second-order valence-corrected chi connectivity index (χ2v) is 5.04. The summed E-state index contributed by atoms with van der Waals surface area (Å²) in [4.78, 5) is 14.2. The minimum Gasteiger partial charge on any atom is -0.393 e. The fraction of sp³-hybridized carbons (Fsp3) is 0.818. The highest BCUT2D eigenvalue weighted by Crippen LogP contribution is 1.98. The van der Waals surface area contributed by atoms with Gasteiger partial charge in [-0.2, -0.15) is 0 Å². The van der Waals surface area contributed by atoms with Crippen LogP contribution in [0.5, 0.6) is 0 Å². The van der Waals surface area contributed by atoms with Gasteiger partial charge in [-0.15, -0.1) is 0 Å². The summed E-state index contributed by atoms with van der Waals surface area (Å²) in [6.45, 7) is 7.45. The molecular formula is C11H23N3OS. The smallest absolute Gasteiger partial charge is 0.237 e. The highest BCUT2D eigenvalue weighted by Gasteiger charge is 2.17. The van der Waals surface area contributed by atoms with Crippen LogP contribution in [0.4, 0.5) is 0 Å². The van der Waals surface area contributed by atoms with Crippen LogP contribution in [-0.2, 0) is 4.79 Å². The Labute approximate surface area is 104 Å². The second-order valence-electron chi connectivity index (χ2n) is 4.51. The van der Waals surface area contributed by atoms with Gasteiger partial charge in [0.15, 0.2) is 0 Å². The predicted octanol–water partition coefficient (Wildman–Crippen LogP) is 0.755. The van der Waals surface area contributed by atoms with Crippen LogP contribution in [0.3, 0.4) is 0 Å². The largest absolute Gasteiger partial charge is 0.393 e. The van der Waals surface area contributed by atoms with Gasteiger partial charge in [0.25, 0.3) is 0 Å². The standard InChI is InChI=1S/C11H23N3OS/c1-8(2)7-13-11(15)9(3)14(4)6-5-10(12)16/h8-9H,5-7H2,1-4H3,(H2,12,16)(H,13,15). The van der Waals surface area contributed by atoms with E-state index in [1.807, 2.05) is 18.9 Å². The fourth-order valence-corrected chi connectivity index (χ4v) is 1.22. The molecule has 0 saturated carbocycles. The molecular weight excluding hydrogens is 222 g/mol. The van der Waals surface area contributed by atoms with E-state index in [4.69, 9.17) is 18.0 Å². The zero-order chi connectivity index (χ0) is 12.7. The molecule has 0 saturated heterocycles. The number of nitrogens with one attached hydrogen (secondary N) is 1. The summed E-state index contributed by atoms with van der Waals surface area (Å²) in [5.74, 6) is 0.525. The Hall–Kier alpha value is -0.680. The lowest BCUT2D eigenvalue weighted by Gasteiger charge is -2.23. The van der Waals surface area contributed by atoms with E-state index in [-0.39, 0.29) is 11.9 Å². The zero-order valence-electron chi connectivity index (χ0n) is 10.6. The van der Waals surface area contributed by atoms with Crippen molar-refractivity contribution < 1.29 is 4.79 Å². The van der Waals surface area contributed by atoms with Gasteiger partial charge in [-0.05, 0) is 19.9 Å². The lowest BCUT2D eigenvalue weighted by molar-refractivity contribution is -0.125. The number of nitrogens with two attached hydrogens (primary N) is 1. The van der Waals surface area contributed by atoms with E-state index in [9.17, 15) is 4.79 Å². The molecule has 0 aromatic heterocycles. The summed E-state index contributed by atoms with van der Waals surface area (Å²) >= 11 is 4.80. The van der Waals surface area contributed by atoms with Crippen LogP contribution in [0, 0.1) is 5.92 Å². The predicted molar refractivity (Wildman–Crippen MR) is 71.3 cm³/mol. The maximum Gasteiger partial charge on any atom is 0.237 e. The monoisotopic (exact) mass is 245 g/mol. The molecule has 0 aromatic carbocycles. The molecule has 1 atom stereocenters. The van der Waals surface area contributed by atoms with Crippen molar-refractivity contribution in [3.63, 3.8) is 0 Å². The molecule has 0 fully saturated rings. The molecule has 16 heavy (non-hydrogen) atoms. The Morgan fingerprint density at radius 2 is 2.00 bits per heavy atom. The van der Waals surface area contributed by atoms with Crippen LogP contribution in [0.25, 0.3) is 0 Å². The van der Waals surface area contributed by atoms with Gasteiger partial charge in [-0.25, -0.2) is 0 Å². The topological polar surface area (TPSA) is 58.4 Å². The number of rotatable bonds is 7. The summed E-state index contributed by atoms with van der Waals surface area (Å²) in [5, 5.41) is 2.91. The summed E-state index contributed by atoms with van der Waals surface area (Å²) in [6.07, 6.45) is 0.646. The summed E-state index contributed by atoms with van der Waals surface area (Å²) in [6, 6.07) is -0.145. The molecule has 1 amide bonds. The van der Waals surface area contributed by atoms with Crippen molar-refractivity contribution in [2.45, 2.75) is 33.2 Å².